The van der Waals surface area contributed by atoms with Crippen molar-refractivity contribution < 1.29 is 4.79 Å². The van der Waals surface area contributed by atoms with Gasteiger partial charge >= 0.3 is 0 Å². The third-order valence-corrected chi connectivity index (χ3v) is 3.40. The van der Waals surface area contributed by atoms with Gasteiger partial charge in [0, 0.05) is 11.0 Å². The van der Waals surface area contributed by atoms with Crippen LogP contribution >= 0.6 is 0 Å². The van der Waals surface area contributed by atoms with Crippen molar-refractivity contribution in [2.45, 2.75) is 74.3 Å². The van der Waals surface area contributed by atoms with Gasteiger partial charge in [0.15, 0.2) is 0 Å². The van der Waals surface area contributed by atoms with Crippen molar-refractivity contribution in [3.8, 4) is 0 Å². The molecule has 2 nitrogen and oxygen atoms in total. The smallest absolute Gasteiger partial charge is 0.226 e. The first-order chi connectivity index (χ1) is 7.26. The van der Waals surface area contributed by atoms with Gasteiger partial charge in [0.05, 0.1) is 0 Å². The summed E-state index contributed by atoms with van der Waals surface area (Å²) in [6.45, 7) is 19.1. The zero-order chi connectivity index (χ0) is 14.1. The van der Waals surface area contributed by atoms with Gasteiger partial charge < -0.3 is 5.32 Å². The summed E-state index contributed by atoms with van der Waals surface area (Å²) in [5.74, 6) is 0.671. The van der Waals surface area contributed by atoms with Crippen molar-refractivity contribution in [2.24, 2.45) is 16.7 Å². The maximum Gasteiger partial charge on any atom is 0.226 e. The molecule has 0 fully saturated rings. The van der Waals surface area contributed by atoms with Crippen molar-refractivity contribution >= 4 is 5.91 Å². The summed E-state index contributed by atoms with van der Waals surface area (Å²) in [7, 11) is 0. The minimum atomic E-state index is -0.306. The van der Waals surface area contributed by atoms with Crippen LogP contribution in [0, 0.1) is 16.7 Å². The van der Waals surface area contributed by atoms with E-state index < -0.39 is 0 Å². The lowest BCUT2D eigenvalue weighted by atomic mass is 9.72. The number of amides is 1. The highest BCUT2D eigenvalue weighted by molar-refractivity contribution is 5.82. The molecule has 0 aliphatic heterocycles. The molecule has 0 rings (SSSR count). The monoisotopic (exact) mass is 241 g/mol. The average molecular weight is 241 g/mol. The number of nitrogens with one attached hydrogen (secondary N) is 1. The second kappa shape index (κ2) is 4.99. The van der Waals surface area contributed by atoms with E-state index in [2.05, 4.69) is 33.0 Å². The lowest BCUT2D eigenvalue weighted by Gasteiger charge is -2.35. The van der Waals surface area contributed by atoms with E-state index in [9.17, 15) is 4.79 Å². The molecule has 0 spiro atoms. The molecule has 0 heterocycles. The first kappa shape index (κ1) is 16.5. The number of rotatable bonds is 3. The summed E-state index contributed by atoms with van der Waals surface area (Å²) < 4.78 is 0. The molecular weight excluding hydrogens is 210 g/mol. The molecular formula is C15H31NO. The van der Waals surface area contributed by atoms with Gasteiger partial charge in [-0.25, -0.2) is 0 Å². The van der Waals surface area contributed by atoms with Crippen LogP contribution in [0.2, 0.25) is 0 Å². The molecule has 0 aromatic rings. The normalized spacial score (nSPS) is 15.6. The van der Waals surface area contributed by atoms with Crippen LogP contribution in [0.3, 0.4) is 0 Å². The van der Waals surface area contributed by atoms with E-state index in [0.717, 1.165) is 6.42 Å². The zero-order valence-electron chi connectivity index (χ0n) is 13.2. The van der Waals surface area contributed by atoms with E-state index in [0.29, 0.717) is 5.92 Å². The van der Waals surface area contributed by atoms with Gasteiger partial charge in [-0.2, -0.15) is 0 Å². The van der Waals surface area contributed by atoms with Crippen LogP contribution in [-0.2, 0) is 4.79 Å². The summed E-state index contributed by atoms with van der Waals surface area (Å²) in [6.07, 6.45) is 0.915. The van der Waals surface area contributed by atoms with Crippen molar-refractivity contribution in [1.82, 2.24) is 5.32 Å². The van der Waals surface area contributed by atoms with Crippen LogP contribution in [0.5, 0.6) is 0 Å². The molecule has 0 bridgehead atoms. The molecule has 1 unspecified atom stereocenters. The minimum absolute atomic E-state index is 0.153. The van der Waals surface area contributed by atoms with Crippen LogP contribution in [0.4, 0.5) is 0 Å². The maximum atomic E-state index is 12.2. The zero-order valence-corrected chi connectivity index (χ0v) is 13.2. The topological polar surface area (TPSA) is 29.1 Å². The first-order valence-corrected chi connectivity index (χ1v) is 6.58. The van der Waals surface area contributed by atoms with Crippen LogP contribution in [0.15, 0.2) is 0 Å². The van der Waals surface area contributed by atoms with E-state index in [-0.39, 0.29) is 22.3 Å². The SMILES string of the molecule is CC(CC(C)(C)C(=O)NC(C)(C)C)C(C)(C)C. The largest absolute Gasteiger partial charge is 0.351 e. The third-order valence-electron chi connectivity index (χ3n) is 3.40. The first-order valence-electron chi connectivity index (χ1n) is 6.58. The fraction of sp³-hybridized carbons (Fsp3) is 0.933. The standard InChI is InChI=1S/C15H31NO/c1-11(13(2,3)4)10-15(8,9)12(17)16-14(5,6)7/h11H,10H2,1-9H3,(H,16,17). The molecule has 0 aromatic carbocycles. The van der Waals surface area contributed by atoms with Gasteiger partial charge in [-0.15, -0.1) is 0 Å². The molecule has 0 radical (unpaired) electrons. The van der Waals surface area contributed by atoms with E-state index in [4.69, 9.17) is 0 Å². The van der Waals surface area contributed by atoms with E-state index >= 15 is 0 Å². The number of hydrogen-bond acceptors (Lipinski definition) is 1. The molecule has 0 saturated heterocycles. The number of hydrogen-bond donors (Lipinski definition) is 1. The van der Waals surface area contributed by atoms with Crippen molar-refractivity contribution in [3.63, 3.8) is 0 Å². The van der Waals surface area contributed by atoms with Crippen LogP contribution < -0.4 is 5.32 Å². The molecule has 0 aliphatic rings. The third kappa shape index (κ3) is 6.09. The predicted octanol–water partition coefficient (Wildman–Crippen LogP) is 4.00. The van der Waals surface area contributed by atoms with Gasteiger partial charge in [-0.1, -0.05) is 41.5 Å². The Hall–Kier alpha value is -0.530. The molecule has 0 aliphatic carbocycles. The van der Waals surface area contributed by atoms with Crippen LogP contribution in [-0.4, -0.2) is 11.4 Å². The number of carbonyl (C=O) groups is 1. The molecule has 1 atom stereocenters. The highest BCUT2D eigenvalue weighted by Crippen LogP contribution is 2.36. The summed E-state index contributed by atoms with van der Waals surface area (Å²) >= 11 is 0. The summed E-state index contributed by atoms with van der Waals surface area (Å²) in [5.41, 5.74) is -0.210. The fourth-order valence-electron chi connectivity index (χ4n) is 1.67. The second-order valence-electron chi connectivity index (χ2n) is 8.06. The Morgan fingerprint density at radius 3 is 1.71 bits per heavy atom. The van der Waals surface area contributed by atoms with Gasteiger partial charge in [-0.3, -0.25) is 4.79 Å². The summed E-state index contributed by atoms with van der Waals surface area (Å²) in [6, 6.07) is 0. The molecule has 1 N–H and O–H groups in total. The van der Waals surface area contributed by atoms with Gasteiger partial charge in [-0.05, 0) is 38.5 Å². The Balaban J connectivity index is 4.63. The Bertz CT molecular complexity index is 266. The van der Waals surface area contributed by atoms with Crippen molar-refractivity contribution in [2.75, 3.05) is 0 Å². The van der Waals surface area contributed by atoms with Crippen LogP contribution in [0.1, 0.15) is 68.7 Å². The van der Waals surface area contributed by atoms with Crippen molar-refractivity contribution in [3.05, 3.63) is 0 Å². The Morgan fingerprint density at radius 1 is 1.00 bits per heavy atom. The lowest BCUT2D eigenvalue weighted by Crippen LogP contribution is -2.48. The molecule has 2 heteroatoms. The molecule has 17 heavy (non-hydrogen) atoms. The average Bonchev–Trinajstić information content (AvgIpc) is 1.97. The highest BCUT2D eigenvalue weighted by atomic mass is 16.2. The molecule has 0 saturated carbocycles. The van der Waals surface area contributed by atoms with E-state index in [1.807, 2.05) is 34.6 Å². The Labute approximate surface area is 108 Å². The molecule has 1 amide bonds. The molecule has 0 aromatic heterocycles. The van der Waals surface area contributed by atoms with E-state index in [1.54, 1.807) is 0 Å². The van der Waals surface area contributed by atoms with E-state index in [1.165, 1.54) is 0 Å². The van der Waals surface area contributed by atoms with Gasteiger partial charge in [0.25, 0.3) is 0 Å². The van der Waals surface area contributed by atoms with Crippen molar-refractivity contribution in [1.29, 1.82) is 0 Å². The maximum absolute atomic E-state index is 12.2. The highest BCUT2D eigenvalue weighted by Gasteiger charge is 2.34. The summed E-state index contributed by atoms with van der Waals surface area (Å²) in [5, 5.41) is 3.08. The second-order valence-corrected chi connectivity index (χ2v) is 8.06. The summed E-state index contributed by atoms with van der Waals surface area (Å²) in [4.78, 5) is 12.2. The predicted molar refractivity (Wildman–Crippen MR) is 74.9 cm³/mol. The quantitative estimate of drug-likeness (QED) is 0.795. The van der Waals surface area contributed by atoms with Crippen LogP contribution in [0.25, 0.3) is 0 Å². The lowest BCUT2D eigenvalue weighted by molar-refractivity contribution is -0.132. The molecule has 102 valence electrons. The number of carbonyl (C=O) groups excluding carboxylic acids is 1. The minimum Gasteiger partial charge on any atom is -0.351 e. The van der Waals surface area contributed by atoms with Gasteiger partial charge in [0.2, 0.25) is 5.91 Å². The van der Waals surface area contributed by atoms with Gasteiger partial charge in [0.1, 0.15) is 0 Å². The fourth-order valence-corrected chi connectivity index (χ4v) is 1.67. The Kier molecular flexibility index (Phi) is 4.84. The Morgan fingerprint density at radius 2 is 1.41 bits per heavy atom.